The molecule has 1 saturated carbocycles. The van der Waals surface area contributed by atoms with Gasteiger partial charge >= 0.3 is 0 Å². The summed E-state index contributed by atoms with van der Waals surface area (Å²) < 4.78 is 35.8. The first-order valence-corrected chi connectivity index (χ1v) is 13.9. The Morgan fingerprint density at radius 1 is 1.03 bits per heavy atom. The highest BCUT2D eigenvalue weighted by Gasteiger charge is 2.24. The fourth-order valence-corrected chi connectivity index (χ4v) is 6.45. The SMILES string of the molecule is CN1CC=C(c2cn(S(=O)(=O)c3ccc(Br)cc3)c3ccc(OC4CCCCC4)cc23)CC1. The van der Waals surface area contributed by atoms with E-state index in [2.05, 4.69) is 34.0 Å². The van der Waals surface area contributed by atoms with Crippen molar-refractivity contribution in [2.75, 3.05) is 20.1 Å². The van der Waals surface area contributed by atoms with Gasteiger partial charge in [0.25, 0.3) is 10.0 Å². The van der Waals surface area contributed by atoms with Gasteiger partial charge in [0.2, 0.25) is 0 Å². The average molecular weight is 530 g/mol. The molecule has 0 radical (unpaired) electrons. The number of halogens is 1. The first kappa shape index (κ1) is 22.7. The number of ether oxygens (including phenoxy) is 1. The molecule has 0 bridgehead atoms. The summed E-state index contributed by atoms with van der Waals surface area (Å²) >= 11 is 3.39. The van der Waals surface area contributed by atoms with Crippen LogP contribution < -0.4 is 4.74 Å². The Labute approximate surface area is 204 Å². The summed E-state index contributed by atoms with van der Waals surface area (Å²) in [7, 11) is -1.63. The summed E-state index contributed by atoms with van der Waals surface area (Å²) in [5.74, 6) is 0.822. The summed E-state index contributed by atoms with van der Waals surface area (Å²) in [5.41, 5.74) is 2.86. The molecule has 2 aliphatic rings. The van der Waals surface area contributed by atoms with Crippen LogP contribution >= 0.6 is 15.9 Å². The highest BCUT2D eigenvalue weighted by molar-refractivity contribution is 9.10. The molecule has 0 N–H and O–H groups in total. The number of hydrogen-bond donors (Lipinski definition) is 0. The van der Waals surface area contributed by atoms with Crippen LogP contribution in [0.5, 0.6) is 5.75 Å². The van der Waals surface area contributed by atoms with Gasteiger partial charge in [-0.15, -0.1) is 0 Å². The van der Waals surface area contributed by atoms with Gasteiger partial charge in [-0.2, -0.15) is 0 Å². The Bertz CT molecular complexity index is 1290. The van der Waals surface area contributed by atoms with Crippen molar-refractivity contribution >= 4 is 42.4 Å². The van der Waals surface area contributed by atoms with Gasteiger partial charge in [0.1, 0.15) is 5.75 Å². The molecule has 3 aromatic rings. The fourth-order valence-electron chi connectivity index (χ4n) is 4.82. The monoisotopic (exact) mass is 528 g/mol. The second kappa shape index (κ2) is 9.28. The summed E-state index contributed by atoms with van der Waals surface area (Å²) in [4.78, 5) is 2.54. The summed E-state index contributed by atoms with van der Waals surface area (Å²) in [6, 6.07) is 12.6. The van der Waals surface area contributed by atoms with Crippen LogP contribution in [0.25, 0.3) is 16.5 Å². The van der Waals surface area contributed by atoms with Gasteiger partial charge in [-0.25, -0.2) is 12.4 Å². The number of fused-ring (bicyclic) bond motifs is 1. The molecule has 5 rings (SSSR count). The number of aromatic nitrogens is 1. The van der Waals surface area contributed by atoms with E-state index in [0.29, 0.717) is 5.52 Å². The summed E-state index contributed by atoms with van der Waals surface area (Å²) in [6.07, 6.45) is 11.0. The molecule has 1 fully saturated rings. The summed E-state index contributed by atoms with van der Waals surface area (Å²) in [6.45, 7) is 1.82. The van der Waals surface area contributed by atoms with Crippen LogP contribution in [0.1, 0.15) is 44.1 Å². The molecular formula is C26H29BrN2O3S. The molecule has 1 aliphatic heterocycles. The third-order valence-electron chi connectivity index (χ3n) is 6.73. The van der Waals surface area contributed by atoms with Crippen molar-refractivity contribution in [1.82, 2.24) is 8.87 Å². The van der Waals surface area contributed by atoms with E-state index in [4.69, 9.17) is 4.74 Å². The van der Waals surface area contributed by atoms with Crippen molar-refractivity contribution in [2.45, 2.75) is 49.5 Å². The van der Waals surface area contributed by atoms with Gasteiger partial charge in [0, 0.05) is 34.7 Å². The normalized spacial score (nSPS) is 18.4. The van der Waals surface area contributed by atoms with Crippen molar-refractivity contribution in [3.63, 3.8) is 0 Å². The van der Waals surface area contributed by atoms with Crippen molar-refractivity contribution < 1.29 is 13.2 Å². The van der Waals surface area contributed by atoms with Crippen molar-refractivity contribution in [3.05, 3.63) is 64.8 Å². The second-order valence-electron chi connectivity index (χ2n) is 9.10. The second-order valence-corrected chi connectivity index (χ2v) is 11.8. The highest BCUT2D eigenvalue weighted by Crippen LogP contribution is 2.36. The number of benzene rings is 2. The Kier molecular flexibility index (Phi) is 6.38. The molecule has 5 nitrogen and oxygen atoms in total. The van der Waals surface area contributed by atoms with Gasteiger partial charge < -0.3 is 9.64 Å². The number of nitrogens with zero attached hydrogens (tertiary/aromatic N) is 2. The van der Waals surface area contributed by atoms with E-state index in [0.717, 1.165) is 53.5 Å². The fraction of sp³-hybridized carbons (Fsp3) is 0.385. The molecule has 0 amide bonds. The molecule has 33 heavy (non-hydrogen) atoms. The Morgan fingerprint density at radius 2 is 1.79 bits per heavy atom. The average Bonchev–Trinajstić information content (AvgIpc) is 3.20. The third-order valence-corrected chi connectivity index (χ3v) is 8.94. The van der Waals surface area contributed by atoms with E-state index >= 15 is 0 Å². The van der Waals surface area contributed by atoms with Crippen molar-refractivity contribution in [1.29, 1.82) is 0 Å². The Balaban J connectivity index is 1.61. The minimum absolute atomic E-state index is 0.246. The predicted octanol–water partition coefficient (Wildman–Crippen LogP) is 6.07. The van der Waals surface area contributed by atoms with Crippen LogP contribution in [0.15, 0.2) is 64.1 Å². The first-order chi connectivity index (χ1) is 15.9. The van der Waals surface area contributed by atoms with E-state index in [1.165, 1.54) is 28.8 Å². The lowest BCUT2D eigenvalue weighted by molar-refractivity contribution is 0.155. The van der Waals surface area contributed by atoms with Gasteiger partial charge in [-0.1, -0.05) is 28.4 Å². The lowest BCUT2D eigenvalue weighted by Crippen LogP contribution is -2.23. The molecule has 0 saturated heterocycles. The number of rotatable bonds is 5. The molecule has 2 heterocycles. The first-order valence-electron chi connectivity index (χ1n) is 11.6. The van der Waals surface area contributed by atoms with E-state index in [1.54, 1.807) is 30.5 Å². The zero-order valence-electron chi connectivity index (χ0n) is 18.8. The van der Waals surface area contributed by atoms with Crippen LogP contribution in [0.4, 0.5) is 0 Å². The predicted molar refractivity (Wildman–Crippen MR) is 136 cm³/mol. The lowest BCUT2D eigenvalue weighted by Gasteiger charge is -2.23. The largest absolute Gasteiger partial charge is 0.490 e. The van der Waals surface area contributed by atoms with Gasteiger partial charge in [0.05, 0.1) is 16.5 Å². The maximum atomic E-state index is 13.6. The Hall–Kier alpha value is -2.09. The molecule has 0 atom stereocenters. The standard InChI is InChI=1S/C26H29BrN2O3S/c1-28-15-13-19(14-16-28)25-18-29(33(30,31)23-10-7-20(27)8-11-23)26-12-9-22(17-24(25)26)32-21-5-3-2-4-6-21/h7-13,17-18,21H,2-6,14-16H2,1H3. The maximum Gasteiger partial charge on any atom is 0.268 e. The molecule has 2 aromatic carbocycles. The van der Waals surface area contributed by atoms with Crippen LogP contribution in [0.3, 0.4) is 0 Å². The van der Waals surface area contributed by atoms with E-state index in [9.17, 15) is 8.42 Å². The highest BCUT2D eigenvalue weighted by atomic mass is 79.9. The number of hydrogen-bond acceptors (Lipinski definition) is 4. The third kappa shape index (κ3) is 4.63. The Morgan fingerprint density at radius 3 is 2.48 bits per heavy atom. The number of likely N-dealkylation sites (N-methyl/N-ethyl adjacent to an activating group) is 1. The minimum atomic E-state index is -3.73. The van der Waals surface area contributed by atoms with Gasteiger partial charge in [-0.3, -0.25) is 0 Å². The van der Waals surface area contributed by atoms with Crippen LogP contribution in [0.2, 0.25) is 0 Å². The van der Waals surface area contributed by atoms with Crippen LogP contribution in [-0.2, 0) is 10.0 Å². The van der Waals surface area contributed by atoms with Crippen LogP contribution in [-0.4, -0.2) is 43.5 Å². The summed E-state index contributed by atoms with van der Waals surface area (Å²) in [5, 5.41) is 0.930. The molecule has 0 spiro atoms. The topological polar surface area (TPSA) is 51.5 Å². The van der Waals surface area contributed by atoms with Crippen molar-refractivity contribution in [2.24, 2.45) is 0 Å². The minimum Gasteiger partial charge on any atom is -0.490 e. The van der Waals surface area contributed by atoms with E-state index in [1.807, 2.05) is 18.2 Å². The lowest BCUT2D eigenvalue weighted by atomic mass is 9.97. The quantitative estimate of drug-likeness (QED) is 0.403. The zero-order chi connectivity index (χ0) is 23.0. The molecule has 0 unspecified atom stereocenters. The van der Waals surface area contributed by atoms with E-state index in [-0.39, 0.29) is 11.0 Å². The molecular weight excluding hydrogens is 500 g/mol. The van der Waals surface area contributed by atoms with Crippen molar-refractivity contribution in [3.8, 4) is 5.75 Å². The molecule has 7 heteroatoms. The molecule has 1 aromatic heterocycles. The van der Waals surface area contributed by atoms with Gasteiger partial charge in [0.15, 0.2) is 0 Å². The van der Waals surface area contributed by atoms with Crippen LogP contribution in [0, 0.1) is 0 Å². The zero-order valence-corrected chi connectivity index (χ0v) is 21.2. The van der Waals surface area contributed by atoms with Gasteiger partial charge in [-0.05, 0) is 87.2 Å². The van der Waals surface area contributed by atoms with E-state index < -0.39 is 10.0 Å². The smallest absolute Gasteiger partial charge is 0.268 e. The molecule has 174 valence electrons. The maximum absolute atomic E-state index is 13.6. The molecule has 1 aliphatic carbocycles.